The van der Waals surface area contributed by atoms with Crippen LogP contribution in [0.4, 0.5) is 0 Å². The first kappa shape index (κ1) is 18.1. The predicted octanol–water partition coefficient (Wildman–Crippen LogP) is 2.78. The Labute approximate surface area is 152 Å². The molecule has 0 aliphatic carbocycles. The number of unbranched alkanes of at least 4 members (excludes halogenated alkanes) is 1. The molecule has 0 unspecified atom stereocenters. The van der Waals surface area contributed by atoms with Crippen molar-refractivity contribution in [2.45, 2.75) is 43.0 Å². The van der Waals surface area contributed by atoms with Gasteiger partial charge in [-0.2, -0.15) is 4.31 Å². The summed E-state index contributed by atoms with van der Waals surface area (Å²) in [6.07, 6.45) is 2.26. The Morgan fingerprint density at radius 1 is 1.24 bits per heavy atom. The average molecular weight is 379 g/mol. The van der Waals surface area contributed by atoms with Crippen LogP contribution in [0.5, 0.6) is 0 Å². The average Bonchev–Trinajstić information content (AvgIpc) is 3.16. The van der Waals surface area contributed by atoms with Crippen LogP contribution in [0.25, 0.3) is 0 Å². The minimum Gasteiger partial charge on any atom is -0.355 e. The van der Waals surface area contributed by atoms with Gasteiger partial charge >= 0.3 is 0 Å². The molecule has 134 valence electrons. The van der Waals surface area contributed by atoms with Gasteiger partial charge in [0.1, 0.15) is 10.3 Å². The Bertz CT molecular complexity index is 832. The van der Waals surface area contributed by atoms with Crippen molar-refractivity contribution in [3.63, 3.8) is 0 Å². The molecule has 2 aromatic rings. The van der Waals surface area contributed by atoms with E-state index in [0.29, 0.717) is 13.0 Å². The highest BCUT2D eigenvalue weighted by Gasteiger charge is 2.39. The van der Waals surface area contributed by atoms with Crippen molar-refractivity contribution < 1.29 is 13.2 Å². The molecule has 0 fully saturated rings. The molecule has 7 heteroatoms. The number of rotatable bonds is 6. The number of thiophene rings is 1. The molecule has 1 amide bonds. The fourth-order valence-corrected chi connectivity index (χ4v) is 5.69. The third-order valence-corrected chi connectivity index (χ3v) is 7.62. The van der Waals surface area contributed by atoms with E-state index in [9.17, 15) is 13.2 Å². The second kappa shape index (κ2) is 7.68. The predicted molar refractivity (Wildman–Crippen MR) is 98.9 cm³/mol. The summed E-state index contributed by atoms with van der Waals surface area (Å²) in [6.45, 7) is 2.85. The molecule has 1 aromatic carbocycles. The molecule has 2 heterocycles. The number of amides is 1. The lowest BCUT2D eigenvalue weighted by atomic mass is 9.95. The molecule has 1 N–H and O–H groups in total. The van der Waals surface area contributed by atoms with Crippen molar-refractivity contribution in [2.75, 3.05) is 6.54 Å². The van der Waals surface area contributed by atoms with Crippen molar-refractivity contribution in [1.29, 1.82) is 0 Å². The molecule has 1 aliphatic rings. The van der Waals surface area contributed by atoms with E-state index in [1.807, 2.05) is 24.3 Å². The molecule has 0 radical (unpaired) electrons. The van der Waals surface area contributed by atoms with Crippen LogP contribution in [-0.2, 0) is 27.8 Å². The summed E-state index contributed by atoms with van der Waals surface area (Å²) in [6, 6.07) is 10.3. The molecular weight excluding hydrogens is 356 g/mol. The van der Waals surface area contributed by atoms with E-state index >= 15 is 0 Å². The van der Waals surface area contributed by atoms with E-state index in [-0.39, 0.29) is 16.7 Å². The Morgan fingerprint density at radius 2 is 2.00 bits per heavy atom. The fraction of sp³-hybridized carbons (Fsp3) is 0.389. The van der Waals surface area contributed by atoms with Gasteiger partial charge in [0.2, 0.25) is 5.91 Å². The molecule has 1 aliphatic heterocycles. The molecule has 5 nitrogen and oxygen atoms in total. The van der Waals surface area contributed by atoms with E-state index < -0.39 is 16.1 Å². The second-order valence-electron chi connectivity index (χ2n) is 6.12. The third kappa shape index (κ3) is 3.78. The van der Waals surface area contributed by atoms with Crippen LogP contribution in [0.15, 0.2) is 46.0 Å². The molecule has 1 atom stereocenters. The lowest BCUT2D eigenvalue weighted by Crippen LogP contribution is -2.52. The topological polar surface area (TPSA) is 66.5 Å². The van der Waals surface area contributed by atoms with Gasteiger partial charge in [-0.1, -0.05) is 43.7 Å². The number of nitrogens with zero attached hydrogens (tertiary/aromatic N) is 1. The zero-order valence-corrected chi connectivity index (χ0v) is 15.8. The number of sulfonamides is 1. The van der Waals surface area contributed by atoms with Crippen molar-refractivity contribution >= 4 is 27.3 Å². The zero-order chi connectivity index (χ0) is 17.9. The SMILES string of the molecule is CCCCNC(=O)[C@H]1Cc2ccccc2CN1S(=O)(=O)c1cccs1. The maximum atomic E-state index is 13.1. The first-order valence-electron chi connectivity index (χ1n) is 8.44. The van der Waals surface area contributed by atoms with E-state index in [1.54, 1.807) is 17.5 Å². The van der Waals surface area contributed by atoms with Crippen LogP contribution in [-0.4, -0.2) is 31.2 Å². The molecule has 0 bridgehead atoms. The van der Waals surface area contributed by atoms with Crippen LogP contribution in [0, 0.1) is 0 Å². The molecule has 0 spiro atoms. The first-order chi connectivity index (χ1) is 12.0. The quantitative estimate of drug-likeness (QED) is 0.786. The normalized spacial score (nSPS) is 17.9. The largest absolute Gasteiger partial charge is 0.355 e. The number of hydrogen-bond donors (Lipinski definition) is 1. The van der Waals surface area contributed by atoms with Crippen LogP contribution in [0.3, 0.4) is 0 Å². The van der Waals surface area contributed by atoms with E-state index in [1.165, 1.54) is 15.6 Å². The highest BCUT2D eigenvalue weighted by molar-refractivity contribution is 7.91. The van der Waals surface area contributed by atoms with Crippen LogP contribution < -0.4 is 5.32 Å². The second-order valence-corrected chi connectivity index (χ2v) is 9.18. The minimum atomic E-state index is -3.70. The summed E-state index contributed by atoms with van der Waals surface area (Å²) in [5.41, 5.74) is 2.00. The smallest absolute Gasteiger partial charge is 0.253 e. The summed E-state index contributed by atoms with van der Waals surface area (Å²) in [5.74, 6) is -0.219. The van der Waals surface area contributed by atoms with Gasteiger partial charge in [0, 0.05) is 13.1 Å². The van der Waals surface area contributed by atoms with Crippen LogP contribution in [0.1, 0.15) is 30.9 Å². The minimum absolute atomic E-state index is 0.219. The van der Waals surface area contributed by atoms with Crippen molar-refractivity contribution in [1.82, 2.24) is 9.62 Å². The number of hydrogen-bond acceptors (Lipinski definition) is 4. The summed E-state index contributed by atoms with van der Waals surface area (Å²) < 4.78 is 27.7. The Kier molecular flexibility index (Phi) is 5.56. The third-order valence-electron chi connectivity index (χ3n) is 4.40. The molecule has 25 heavy (non-hydrogen) atoms. The highest BCUT2D eigenvalue weighted by Crippen LogP contribution is 2.30. The van der Waals surface area contributed by atoms with E-state index in [4.69, 9.17) is 0 Å². The van der Waals surface area contributed by atoms with Gasteiger partial charge in [-0.15, -0.1) is 11.3 Å². The van der Waals surface area contributed by atoms with Gasteiger partial charge in [-0.3, -0.25) is 4.79 Å². The van der Waals surface area contributed by atoms with Gasteiger partial charge in [0.25, 0.3) is 10.0 Å². The summed E-state index contributed by atoms with van der Waals surface area (Å²) in [4.78, 5) is 12.7. The van der Waals surface area contributed by atoms with Gasteiger partial charge in [-0.05, 0) is 35.4 Å². The van der Waals surface area contributed by atoms with Crippen molar-refractivity contribution in [3.8, 4) is 0 Å². The number of benzene rings is 1. The Morgan fingerprint density at radius 3 is 2.68 bits per heavy atom. The van der Waals surface area contributed by atoms with Crippen molar-refractivity contribution in [3.05, 3.63) is 52.9 Å². The summed E-state index contributed by atoms with van der Waals surface area (Å²) in [7, 11) is -3.70. The number of fused-ring (bicyclic) bond motifs is 1. The lowest BCUT2D eigenvalue weighted by molar-refractivity contribution is -0.125. The molecule has 1 aromatic heterocycles. The van der Waals surface area contributed by atoms with Crippen LogP contribution in [0.2, 0.25) is 0 Å². The molecule has 0 saturated heterocycles. The molecule has 0 saturated carbocycles. The summed E-state index contributed by atoms with van der Waals surface area (Å²) >= 11 is 1.18. The van der Waals surface area contributed by atoms with Gasteiger partial charge in [0.15, 0.2) is 0 Å². The molecular formula is C18H22N2O3S2. The first-order valence-corrected chi connectivity index (χ1v) is 10.8. The van der Waals surface area contributed by atoms with Gasteiger partial charge in [-0.25, -0.2) is 8.42 Å². The fourth-order valence-electron chi connectivity index (χ4n) is 3.01. The standard InChI is InChI=1S/C18H22N2O3S2/c1-2-3-10-19-18(21)16-12-14-7-4-5-8-15(14)13-20(16)25(22,23)17-9-6-11-24-17/h4-9,11,16H,2-3,10,12-13H2,1H3,(H,19,21)/t16-/m1/s1. The number of carbonyl (C=O) groups is 1. The number of carbonyl (C=O) groups excluding carboxylic acids is 1. The molecule has 3 rings (SSSR count). The lowest BCUT2D eigenvalue weighted by Gasteiger charge is -2.34. The Balaban J connectivity index is 1.93. The van der Waals surface area contributed by atoms with E-state index in [2.05, 4.69) is 12.2 Å². The van der Waals surface area contributed by atoms with Crippen molar-refractivity contribution in [2.24, 2.45) is 0 Å². The van der Waals surface area contributed by atoms with Gasteiger partial charge < -0.3 is 5.32 Å². The maximum absolute atomic E-state index is 13.1. The monoisotopic (exact) mass is 378 g/mol. The van der Waals surface area contributed by atoms with Gasteiger partial charge in [0.05, 0.1) is 0 Å². The van der Waals surface area contributed by atoms with E-state index in [0.717, 1.165) is 24.0 Å². The maximum Gasteiger partial charge on any atom is 0.253 e. The Hall–Kier alpha value is -1.70. The summed E-state index contributed by atoms with van der Waals surface area (Å²) in [5, 5.41) is 4.63. The number of nitrogens with one attached hydrogen (secondary N) is 1. The van der Waals surface area contributed by atoms with Crippen LogP contribution >= 0.6 is 11.3 Å². The zero-order valence-electron chi connectivity index (χ0n) is 14.1. The highest BCUT2D eigenvalue weighted by atomic mass is 32.2.